The summed E-state index contributed by atoms with van der Waals surface area (Å²) in [5, 5.41) is 9.21. The van der Waals surface area contributed by atoms with Crippen molar-refractivity contribution in [1.82, 2.24) is 5.32 Å². The number of carbonyl (C=O) groups is 2. The minimum absolute atomic E-state index is 0.0128. The van der Waals surface area contributed by atoms with Crippen LogP contribution in [0, 0.1) is 0 Å². The Hall–Kier alpha value is -4.20. The second-order valence-corrected chi connectivity index (χ2v) is 10.7. The van der Waals surface area contributed by atoms with Gasteiger partial charge < -0.3 is 15.1 Å². The molecule has 3 N–H and O–H groups in total. The molecule has 0 aliphatic rings. The Bertz CT molecular complexity index is 1520. The summed E-state index contributed by atoms with van der Waals surface area (Å²) in [4.78, 5) is 25.1. The Labute approximate surface area is 238 Å². The van der Waals surface area contributed by atoms with E-state index in [-0.39, 0.29) is 16.4 Å². The van der Waals surface area contributed by atoms with Crippen LogP contribution in [0.5, 0.6) is 0 Å². The van der Waals surface area contributed by atoms with E-state index in [9.17, 15) is 9.59 Å². The van der Waals surface area contributed by atoms with Gasteiger partial charge in [-0.05, 0) is 96.0 Å². The second-order valence-electron chi connectivity index (χ2n) is 9.85. The van der Waals surface area contributed by atoms with Gasteiger partial charge in [-0.25, -0.2) is 0 Å². The smallest absolute Gasteiger partial charge is 0.255 e. The molecule has 0 radical (unpaired) electrons. The Morgan fingerprint density at radius 2 is 1.54 bits per heavy atom. The van der Waals surface area contributed by atoms with Crippen molar-refractivity contribution in [3.63, 3.8) is 0 Å². The van der Waals surface area contributed by atoms with Gasteiger partial charge in [0, 0.05) is 33.6 Å². The summed E-state index contributed by atoms with van der Waals surface area (Å²) in [5.41, 5.74) is 3.82. The summed E-state index contributed by atoms with van der Waals surface area (Å²) in [5.74, 6) is 0.550. The van der Waals surface area contributed by atoms with Crippen LogP contribution in [-0.4, -0.2) is 16.9 Å². The number of furan rings is 1. The van der Waals surface area contributed by atoms with Crippen molar-refractivity contribution in [2.24, 2.45) is 0 Å². The van der Waals surface area contributed by atoms with Gasteiger partial charge in [0.1, 0.15) is 11.5 Å². The maximum Gasteiger partial charge on any atom is 0.255 e. The van der Waals surface area contributed by atoms with Crippen LogP contribution in [0.15, 0.2) is 95.4 Å². The van der Waals surface area contributed by atoms with Gasteiger partial charge in [0.2, 0.25) is 5.91 Å². The molecule has 3 aromatic carbocycles. The topological polar surface area (TPSA) is 83.4 Å². The Kier molecular flexibility index (Phi) is 8.64. The van der Waals surface area contributed by atoms with E-state index in [1.165, 1.54) is 6.08 Å². The fraction of sp³-hybridized carbons (Fsp3) is 0.129. The van der Waals surface area contributed by atoms with Crippen LogP contribution >= 0.6 is 23.8 Å². The van der Waals surface area contributed by atoms with Gasteiger partial charge in [-0.3, -0.25) is 14.9 Å². The molecular formula is C31H28ClN3O3S. The normalized spacial score (nSPS) is 11.3. The molecule has 0 saturated heterocycles. The predicted octanol–water partition coefficient (Wildman–Crippen LogP) is 7.68. The zero-order valence-electron chi connectivity index (χ0n) is 21.7. The number of nitrogens with one attached hydrogen (secondary N) is 3. The van der Waals surface area contributed by atoms with Crippen molar-refractivity contribution in [2.75, 3.05) is 10.6 Å². The standard InChI is InChI=1S/C31H28ClN3O3S/c1-31(2,3)22-11-7-21(8-12-22)29(37)33-24-5-4-6-25(19-24)34-30(39)35-28(36)18-16-26-15-17-27(38-26)20-9-13-23(32)14-10-20/h4-19H,1-3H3,(H,33,37)(H2,34,35,36,39)/b18-16+. The lowest BCUT2D eigenvalue weighted by atomic mass is 9.87. The van der Waals surface area contributed by atoms with Gasteiger partial charge in [0.25, 0.3) is 5.91 Å². The van der Waals surface area contributed by atoms with Crippen LogP contribution in [0.3, 0.4) is 0 Å². The third-order valence-electron chi connectivity index (χ3n) is 5.78. The molecule has 0 spiro atoms. The molecule has 6 nitrogen and oxygen atoms in total. The van der Waals surface area contributed by atoms with Crippen molar-refractivity contribution in [3.8, 4) is 11.3 Å². The summed E-state index contributed by atoms with van der Waals surface area (Å²) >= 11 is 11.2. The summed E-state index contributed by atoms with van der Waals surface area (Å²) < 4.78 is 5.77. The summed E-state index contributed by atoms with van der Waals surface area (Å²) in [6, 6.07) is 25.5. The second kappa shape index (κ2) is 12.1. The number of hydrogen-bond donors (Lipinski definition) is 3. The first-order chi connectivity index (χ1) is 18.6. The number of halogens is 1. The Morgan fingerprint density at radius 3 is 2.21 bits per heavy atom. The molecule has 0 unspecified atom stereocenters. The van der Waals surface area contributed by atoms with Crippen LogP contribution in [-0.2, 0) is 10.2 Å². The molecule has 0 fully saturated rings. The monoisotopic (exact) mass is 557 g/mol. The maximum absolute atomic E-state index is 12.7. The Morgan fingerprint density at radius 1 is 0.872 bits per heavy atom. The summed E-state index contributed by atoms with van der Waals surface area (Å²) in [6.07, 6.45) is 2.89. The molecule has 0 atom stereocenters. The van der Waals surface area contributed by atoms with Crippen molar-refractivity contribution in [2.45, 2.75) is 26.2 Å². The van der Waals surface area contributed by atoms with E-state index in [4.69, 9.17) is 28.2 Å². The highest BCUT2D eigenvalue weighted by Gasteiger charge is 2.14. The Balaban J connectivity index is 1.30. The third kappa shape index (κ3) is 7.89. The van der Waals surface area contributed by atoms with Gasteiger partial charge in [0.05, 0.1) is 0 Å². The molecule has 4 aromatic rings. The van der Waals surface area contributed by atoms with Crippen LogP contribution in [0.2, 0.25) is 5.02 Å². The quantitative estimate of drug-likeness (QED) is 0.167. The predicted molar refractivity (Wildman–Crippen MR) is 162 cm³/mol. The van der Waals surface area contributed by atoms with Crippen molar-refractivity contribution in [1.29, 1.82) is 0 Å². The molecule has 0 bridgehead atoms. The molecule has 1 heterocycles. The molecule has 4 rings (SSSR count). The zero-order chi connectivity index (χ0) is 28.0. The van der Waals surface area contributed by atoms with E-state index in [1.807, 2.05) is 42.5 Å². The molecule has 8 heteroatoms. The van der Waals surface area contributed by atoms with Crippen LogP contribution < -0.4 is 16.0 Å². The van der Waals surface area contributed by atoms with Crippen molar-refractivity contribution in [3.05, 3.63) is 113 Å². The average Bonchev–Trinajstić information content (AvgIpc) is 3.37. The molecule has 2 amide bonds. The number of hydrogen-bond acceptors (Lipinski definition) is 4. The van der Waals surface area contributed by atoms with E-state index < -0.39 is 5.91 Å². The molecule has 0 aliphatic heterocycles. The highest BCUT2D eigenvalue weighted by Crippen LogP contribution is 2.25. The van der Waals surface area contributed by atoms with E-state index >= 15 is 0 Å². The fourth-order valence-electron chi connectivity index (χ4n) is 3.69. The first kappa shape index (κ1) is 27.8. The lowest BCUT2D eigenvalue weighted by Gasteiger charge is -2.19. The van der Waals surface area contributed by atoms with Gasteiger partial charge in [0.15, 0.2) is 5.11 Å². The van der Waals surface area contributed by atoms with E-state index in [2.05, 4.69) is 36.7 Å². The molecule has 198 valence electrons. The number of anilines is 2. The lowest BCUT2D eigenvalue weighted by molar-refractivity contribution is -0.115. The SMILES string of the molecule is CC(C)(C)c1ccc(C(=O)Nc2cccc(NC(=S)NC(=O)/C=C/c3ccc(-c4ccc(Cl)cc4)o3)c2)cc1. The minimum Gasteiger partial charge on any atom is -0.457 e. The third-order valence-corrected chi connectivity index (χ3v) is 6.24. The first-order valence-corrected chi connectivity index (χ1v) is 13.0. The lowest BCUT2D eigenvalue weighted by Crippen LogP contribution is -2.32. The van der Waals surface area contributed by atoms with Gasteiger partial charge in [-0.2, -0.15) is 0 Å². The first-order valence-electron chi connectivity index (χ1n) is 12.2. The number of rotatable bonds is 6. The van der Waals surface area contributed by atoms with E-state index in [0.29, 0.717) is 33.5 Å². The van der Waals surface area contributed by atoms with E-state index in [0.717, 1.165) is 11.1 Å². The van der Waals surface area contributed by atoms with Crippen LogP contribution in [0.1, 0.15) is 42.5 Å². The average molecular weight is 558 g/mol. The van der Waals surface area contributed by atoms with Gasteiger partial charge >= 0.3 is 0 Å². The fourth-order valence-corrected chi connectivity index (χ4v) is 4.03. The minimum atomic E-state index is -0.417. The summed E-state index contributed by atoms with van der Waals surface area (Å²) in [6.45, 7) is 6.38. The number of benzene rings is 3. The van der Waals surface area contributed by atoms with Gasteiger partial charge in [-0.1, -0.05) is 50.6 Å². The summed E-state index contributed by atoms with van der Waals surface area (Å²) in [7, 11) is 0. The molecule has 39 heavy (non-hydrogen) atoms. The van der Waals surface area contributed by atoms with Crippen LogP contribution in [0.4, 0.5) is 11.4 Å². The maximum atomic E-state index is 12.7. The zero-order valence-corrected chi connectivity index (χ0v) is 23.3. The number of thiocarbonyl (C=S) groups is 1. The number of carbonyl (C=O) groups excluding carboxylic acids is 2. The molecular weight excluding hydrogens is 530 g/mol. The highest BCUT2D eigenvalue weighted by atomic mass is 35.5. The van der Waals surface area contributed by atoms with E-state index in [1.54, 1.807) is 48.5 Å². The largest absolute Gasteiger partial charge is 0.457 e. The number of amides is 2. The molecule has 0 aliphatic carbocycles. The van der Waals surface area contributed by atoms with Crippen molar-refractivity contribution >= 4 is 58.2 Å². The highest BCUT2D eigenvalue weighted by molar-refractivity contribution is 7.80. The van der Waals surface area contributed by atoms with Crippen LogP contribution in [0.25, 0.3) is 17.4 Å². The molecule has 1 aromatic heterocycles. The van der Waals surface area contributed by atoms with Gasteiger partial charge in [-0.15, -0.1) is 0 Å². The van der Waals surface area contributed by atoms with Crippen molar-refractivity contribution < 1.29 is 14.0 Å². The molecule has 0 saturated carbocycles.